The number of likely N-dealkylation sites (tertiary alicyclic amines) is 1. The second-order valence-electron chi connectivity index (χ2n) is 7.37. The molecule has 1 atom stereocenters. The van der Waals surface area contributed by atoms with E-state index in [1.54, 1.807) is 6.20 Å². The van der Waals surface area contributed by atoms with E-state index in [0.717, 1.165) is 24.1 Å². The average molecular weight is 336 g/mol. The van der Waals surface area contributed by atoms with E-state index >= 15 is 0 Å². The number of benzene rings is 1. The summed E-state index contributed by atoms with van der Waals surface area (Å²) in [6.07, 6.45) is 4.77. The van der Waals surface area contributed by atoms with Crippen molar-refractivity contribution < 1.29 is 9.90 Å². The van der Waals surface area contributed by atoms with Crippen LogP contribution in [0.4, 0.5) is 0 Å². The summed E-state index contributed by atoms with van der Waals surface area (Å²) in [7, 11) is 0. The van der Waals surface area contributed by atoms with E-state index in [9.17, 15) is 9.90 Å². The molecule has 1 aromatic heterocycles. The quantitative estimate of drug-likeness (QED) is 0.917. The lowest BCUT2D eigenvalue weighted by molar-refractivity contribution is -0.137. The van der Waals surface area contributed by atoms with Crippen molar-refractivity contribution in [3.8, 4) is 0 Å². The average Bonchev–Trinajstić information content (AvgIpc) is 3.06. The normalized spacial score (nSPS) is 21.8. The maximum Gasteiger partial charge on any atom is 0.230 e. The number of piperidine rings is 1. The van der Waals surface area contributed by atoms with E-state index in [-0.39, 0.29) is 11.8 Å². The Balaban J connectivity index is 1.45. The highest BCUT2D eigenvalue weighted by molar-refractivity contribution is 5.85. The van der Waals surface area contributed by atoms with Crippen LogP contribution in [0.1, 0.15) is 47.6 Å². The third kappa shape index (κ3) is 2.95. The lowest BCUT2D eigenvalue weighted by Crippen LogP contribution is -2.46. The lowest BCUT2D eigenvalue weighted by Gasteiger charge is -2.38. The van der Waals surface area contributed by atoms with Crippen LogP contribution >= 0.6 is 0 Å². The maximum absolute atomic E-state index is 13.0. The van der Waals surface area contributed by atoms with Gasteiger partial charge in [-0.1, -0.05) is 30.3 Å². The van der Waals surface area contributed by atoms with Gasteiger partial charge in [0.05, 0.1) is 11.6 Å². The number of hydrogen-bond acceptors (Lipinski definition) is 3. The van der Waals surface area contributed by atoms with Crippen LogP contribution in [0.25, 0.3) is 0 Å². The van der Waals surface area contributed by atoms with Gasteiger partial charge in [-0.05, 0) is 55.4 Å². The van der Waals surface area contributed by atoms with E-state index in [1.165, 1.54) is 11.1 Å². The zero-order valence-corrected chi connectivity index (χ0v) is 14.6. The molecule has 0 unspecified atom stereocenters. The molecule has 4 nitrogen and oxygen atoms in total. The Morgan fingerprint density at radius 2 is 1.96 bits per heavy atom. The fourth-order valence-corrected chi connectivity index (χ4v) is 4.13. The van der Waals surface area contributed by atoms with Gasteiger partial charge < -0.3 is 10.0 Å². The minimum Gasteiger partial charge on any atom is -0.383 e. The van der Waals surface area contributed by atoms with Crippen LogP contribution < -0.4 is 0 Å². The van der Waals surface area contributed by atoms with Crippen LogP contribution in [-0.4, -0.2) is 34.0 Å². The number of hydrogen-bond donors (Lipinski definition) is 1. The summed E-state index contributed by atoms with van der Waals surface area (Å²) in [5.41, 5.74) is 3.38. The molecule has 1 aliphatic carbocycles. The summed E-state index contributed by atoms with van der Waals surface area (Å²) in [5, 5.41) is 11.0. The summed E-state index contributed by atoms with van der Waals surface area (Å²) in [4.78, 5) is 19.3. The SMILES string of the molecule is Cc1ccc(C2(O)CCN(C(=O)[C@@H]3CCc4ccccc43)CC2)nc1. The van der Waals surface area contributed by atoms with Gasteiger partial charge >= 0.3 is 0 Å². The van der Waals surface area contributed by atoms with Crippen molar-refractivity contribution in [3.63, 3.8) is 0 Å². The lowest BCUT2D eigenvalue weighted by atomic mass is 9.87. The first kappa shape index (κ1) is 16.3. The molecule has 1 saturated heterocycles. The number of pyridine rings is 1. The smallest absolute Gasteiger partial charge is 0.230 e. The topological polar surface area (TPSA) is 53.4 Å². The van der Waals surface area contributed by atoms with E-state index in [0.29, 0.717) is 25.9 Å². The zero-order chi connectivity index (χ0) is 17.4. The molecule has 2 aromatic rings. The number of rotatable bonds is 2. The van der Waals surface area contributed by atoms with Gasteiger partial charge in [0.2, 0.25) is 5.91 Å². The van der Waals surface area contributed by atoms with Crippen molar-refractivity contribution in [2.45, 2.75) is 44.1 Å². The van der Waals surface area contributed by atoms with Crippen LogP contribution in [-0.2, 0) is 16.8 Å². The number of fused-ring (bicyclic) bond motifs is 1. The van der Waals surface area contributed by atoms with Crippen LogP contribution in [0, 0.1) is 6.92 Å². The molecule has 2 heterocycles. The molecule has 0 spiro atoms. The molecule has 25 heavy (non-hydrogen) atoms. The van der Waals surface area contributed by atoms with Crippen molar-refractivity contribution in [2.75, 3.05) is 13.1 Å². The largest absolute Gasteiger partial charge is 0.383 e. The van der Waals surface area contributed by atoms with Gasteiger partial charge in [-0.25, -0.2) is 0 Å². The van der Waals surface area contributed by atoms with Crippen LogP contribution in [0.15, 0.2) is 42.6 Å². The maximum atomic E-state index is 13.0. The molecule has 1 fully saturated rings. The second kappa shape index (κ2) is 6.26. The minimum atomic E-state index is -0.919. The summed E-state index contributed by atoms with van der Waals surface area (Å²) < 4.78 is 0. The van der Waals surface area contributed by atoms with Crippen LogP contribution in [0.2, 0.25) is 0 Å². The fraction of sp³-hybridized carbons (Fsp3) is 0.429. The number of aromatic nitrogens is 1. The van der Waals surface area contributed by atoms with Crippen molar-refractivity contribution in [3.05, 3.63) is 65.0 Å². The molecule has 0 saturated carbocycles. The molecule has 0 radical (unpaired) electrons. The molecule has 1 aliphatic heterocycles. The van der Waals surface area contributed by atoms with Gasteiger partial charge in [0.1, 0.15) is 5.60 Å². The molecule has 1 N–H and O–H groups in total. The number of aliphatic hydroxyl groups is 1. The molecular weight excluding hydrogens is 312 g/mol. The van der Waals surface area contributed by atoms with Gasteiger partial charge in [-0.3, -0.25) is 9.78 Å². The number of amides is 1. The second-order valence-corrected chi connectivity index (χ2v) is 7.37. The Labute approximate surface area is 148 Å². The fourth-order valence-electron chi connectivity index (χ4n) is 4.13. The summed E-state index contributed by atoms with van der Waals surface area (Å²) >= 11 is 0. The van der Waals surface area contributed by atoms with Crippen molar-refractivity contribution in [2.24, 2.45) is 0 Å². The van der Waals surface area contributed by atoms with Crippen molar-refractivity contribution in [1.82, 2.24) is 9.88 Å². The number of nitrogens with zero attached hydrogens (tertiary/aromatic N) is 2. The molecule has 130 valence electrons. The zero-order valence-electron chi connectivity index (χ0n) is 14.6. The highest BCUT2D eigenvalue weighted by atomic mass is 16.3. The first-order valence-corrected chi connectivity index (χ1v) is 9.09. The van der Waals surface area contributed by atoms with Gasteiger partial charge in [0, 0.05) is 19.3 Å². The van der Waals surface area contributed by atoms with E-state index in [1.807, 2.05) is 36.1 Å². The molecule has 4 heteroatoms. The van der Waals surface area contributed by atoms with E-state index in [4.69, 9.17) is 0 Å². The Bertz CT molecular complexity index is 777. The molecule has 0 bridgehead atoms. The summed E-state index contributed by atoms with van der Waals surface area (Å²) in [5.74, 6) is 0.198. The third-order valence-corrected chi connectivity index (χ3v) is 5.72. The van der Waals surface area contributed by atoms with Crippen molar-refractivity contribution >= 4 is 5.91 Å². The molecule has 1 aromatic carbocycles. The predicted octanol–water partition coefficient (Wildman–Crippen LogP) is 2.93. The summed E-state index contributed by atoms with van der Waals surface area (Å²) in [6, 6.07) is 12.2. The molecule has 2 aliphatic rings. The Hall–Kier alpha value is -2.20. The summed E-state index contributed by atoms with van der Waals surface area (Å²) in [6.45, 7) is 3.16. The van der Waals surface area contributed by atoms with Crippen molar-refractivity contribution in [1.29, 1.82) is 0 Å². The Kier molecular flexibility index (Phi) is 4.08. The predicted molar refractivity (Wildman–Crippen MR) is 96.2 cm³/mol. The third-order valence-electron chi connectivity index (χ3n) is 5.72. The molecule has 4 rings (SSSR count). The number of carbonyl (C=O) groups is 1. The van der Waals surface area contributed by atoms with E-state index in [2.05, 4.69) is 17.1 Å². The number of aryl methyl sites for hydroxylation is 2. The molecular formula is C21H24N2O2. The van der Waals surface area contributed by atoms with Gasteiger partial charge in [0.15, 0.2) is 0 Å². The van der Waals surface area contributed by atoms with Gasteiger partial charge in [-0.2, -0.15) is 0 Å². The first-order chi connectivity index (χ1) is 12.1. The van der Waals surface area contributed by atoms with Crippen LogP contribution in [0.3, 0.4) is 0 Å². The Morgan fingerprint density at radius 3 is 2.68 bits per heavy atom. The highest BCUT2D eigenvalue weighted by Gasteiger charge is 2.39. The Morgan fingerprint density at radius 1 is 1.20 bits per heavy atom. The van der Waals surface area contributed by atoms with Gasteiger partial charge in [0.25, 0.3) is 0 Å². The number of carbonyl (C=O) groups excluding carboxylic acids is 1. The molecule has 1 amide bonds. The van der Waals surface area contributed by atoms with Gasteiger partial charge in [-0.15, -0.1) is 0 Å². The highest BCUT2D eigenvalue weighted by Crippen LogP contribution is 2.37. The minimum absolute atomic E-state index is 0.0140. The van der Waals surface area contributed by atoms with E-state index < -0.39 is 5.60 Å². The standard InChI is InChI=1S/C21H24N2O2/c1-15-6-9-19(22-14-15)21(25)10-12-23(13-11-21)20(24)18-8-7-16-4-2-3-5-17(16)18/h2-6,9,14,18,25H,7-8,10-13H2,1H3/t18-/m1/s1. The monoisotopic (exact) mass is 336 g/mol. The first-order valence-electron chi connectivity index (χ1n) is 9.09. The van der Waals surface area contributed by atoms with Crippen LogP contribution in [0.5, 0.6) is 0 Å².